The standard InChI is InChI=1S/C14H10Br2ClNOS/c1-6-2-11(20-14(6)16)13(15)8-3-7-4-12(19)18-10(7)5-9(8)17/h2-3,5,13H,4H2,1H3,(H,18,19). The van der Waals surface area contributed by atoms with Crippen LogP contribution in [0.4, 0.5) is 5.69 Å². The number of alkyl halides is 1. The predicted molar refractivity (Wildman–Crippen MR) is 91.3 cm³/mol. The first-order valence-corrected chi connectivity index (χ1v) is 8.88. The summed E-state index contributed by atoms with van der Waals surface area (Å²) in [5.74, 6) is 0.0223. The van der Waals surface area contributed by atoms with Gasteiger partial charge in [0.2, 0.25) is 5.91 Å². The van der Waals surface area contributed by atoms with Gasteiger partial charge in [-0.1, -0.05) is 33.6 Å². The molecule has 20 heavy (non-hydrogen) atoms. The second-order valence-electron chi connectivity index (χ2n) is 4.72. The molecule has 0 saturated carbocycles. The average Bonchev–Trinajstić information content (AvgIpc) is 2.90. The quantitative estimate of drug-likeness (QED) is 0.625. The summed E-state index contributed by atoms with van der Waals surface area (Å²) >= 11 is 15.3. The molecule has 1 N–H and O–H groups in total. The van der Waals surface area contributed by atoms with Crippen molar-refractivity contribution in [2.75, 3.05) is 5.32 Å². The van der Waals surface area contributed by atoms with Gasteiger partial charge in [0.25, 0.3) is 0 Å². The molecule has 0 aliphatic carbocycles. The monoisotopic (exact) mass is 433 g/mol. The molecule has 104 valence electrons. The van der Waals surface area contributed by atoms with Crippen molar-refractivity contribution in [1.29, 1.82) is 0 Å². The molecule has 1 atom stereocenters. The molecule has 2 heterocycles. The third-order valence-corrected chi connectivity index (χ3v) is 7.07. The lowest BCUT2D eigenvalue weighted by atomic mass is 10.0. The molecular weight excluding hydrogens is 425 g/mol. The molecule has 0 radical (unpaired) electrons. The average molecular weight is 436 g/mol. The van der Waals surface area contributed by atoms with E-state index in [0.717, 1.165) is 20.6 Å². The maximum absolute atomic E-state index is 11.4. The highest BCUT2D eigenvalue weighted by molar-refractivity contribution is 9.11. The van der Waals surface area contributed by atoms with E-state index < -0.39 is 0 Å². The summed E-state index contributed by atoms with van der Waals surface area (Å²) in [7, 11) is 0. The van der Waals surface area contributed by atoms with Crippen LogP contribution < -0.4 is 5.32 Å². The zero-order chi connectivity index (χ0) is 14.4. The van der Waals surface area contributed by atoms with Gasteiger partial charge < -0.3 is 5.32 Å². The molecule has 0 saturated heterocycles. The van der Waals surface area contributed by atoms with Gasteiger partial charge in [-0.25, -0.2) is 0 Å². The van der Waals surface area contributed by atoms with Crippen LogP contribution in [0, 0.1) is 6.92 Å². The van der Waals surface area contributed by atoms with Crippen LogP contribution in [0.5, 0.6) is 0 Å². The Morgan fingerprint density at radius 2 is 2.15 bits per heavy atom. The van der Waals surface area contributed by atoms with Crippen LogP contribution >= 0.6 is 54.8 Å². The molecule has 1 aliphatic heterocycles. The number of thiophene rings is 1. The smallest absolute Gasteiger partial charge is 0.228 e. The molecule has 1 aromatic carbocycles. The van der Waals surface area contributed by atoms with E-state index in [0.29, 0.717) is 11.4 Å². The summed E-state index contributed by atoms with van der Waals surface area (Å²) in [4.78, 5) is 12.7. The van der Waals surface area contributed by atoms with Crippen LogP contribution in [0.3, 0.4) is 0 Å². The van der Waals surface area contributed by atoms with Gasteiger partial charge in [0.05, 0.1) is 15.0 Å². The van der Waals surface area contributed by atoms with Crippen LogP contribution in [-0.4, -0.2) is 5.91 Å². The van der Waals surface area contributed by atoms with Gasteiger partial charge >= 0.3 is 0 Å². The van der Waals surface area contributed by atoms with Crippen molar-refractivity contribution in [2.24, 2.45) is 0 Å². The minimum absolute atomic E-state index is 0.0223. The van der Waals surface area contributed by atoms with E-state index in [-0.39, 0.29) is 10.7 Å². The highest BCUT2D eigenvalue weighted by Crippen LogP contribution is 2.43. The summed E-state index contributed by atoms with van der Waals surface area (Å²) in [6, 6.07) is 5.99. The first kappa shape index (κ1) is 14.6. The number of rotatable bonds is 2. The van der Waals surface area contributed by atoms with Crippen LogP contribution in [0.1, 0.15) is 26.4 Å². The van der Waals surface area contributed by atoms with Crippen LogP contribution in [0.2, 0.25) is 5.02 Å². The lowest BCUT2D eigenvalue weighted by Crippen LogP contribution is -2.03. The zero-order valence-electron chi connectivity index (χ0n) is 10.5. The fourth-order valence-corrected chi connectivity index (χ4v) is 4.99. The number of anilines is 1. The number of halogens is 3. The fraction of sp³-hybridized carbons (Fsp3) is 0.214. The number of hydrogen-bond donors (Lipinski definition) is 1. The number of nitrogens with one attached hydrogen (secondary N) is 1. The number of amides is 1. The molecule has 1 aliphatic rings. The first-order chi connectivity index (χ1) is 9.45. The molecule has 6 heteroatoms. The normalized spacial score (nSPS) is 15.1. The number of aryl methyl sites for hydroxylation is 1. The molecule has 0 spiro atoms. The summed E-state index contributed by atoms with van der Waals surface area (Å²) in [5, 5.41) is 3.48. The Hall–Kier alpha value is -0.360. The van der Waals surface area contributed by atoms with Gasteiger partial charge in [0, 0.05) is 15.6 Å². The summed E-state index contributed by atoms with van der Waals surface area (Å²) < 4.78 is 1.13. The van der Waals surface area contributed by atoms with Gasteiger partial charge in [-0.3, -0.25) is 4.79 Å². The van der Waals surface area contributed by atoms with Crippen molar-refractivity contribution in [1.82, 2.24) is 0 Å². The van der Waals surface area contributed by atoms with E-state index in [9.17, 15) is 4.79 Å². The molecule has 1 unspecified atom stereocenters. The molecule has 3 rings (SSSR count). The third-order valence-electron chi connectivity index (χ3n) is 3.25. The summed E-state index contributed by atoms with van der Waals surface area (Å²) in [6.45, 7) is 2.07. The van der Waals surface area contributed by atoms with Crippen molar-refractivity contribution >= 4 is 66.4 Å². The third kappa shape index (κ3) is 2.56. The molecule has 1 amide bonds. The Balaban J connectivity index is 2.02. The van der Waals surface area contributed by atoms with Gasteiger partial charge in [-0.15, -0.1) is 11.3 Å². The van der Waals surface area contributed by atoms with Crippen molar-refractivity contribution in [2.45, 2.75) is 18.2 Å². The molecule has 2 nitrogen and oxygen atoms in total. The fourth-order valence-electron chi connectivity index (χ4n) is 2.22. The minimum atomic E-state index is 0.0223. The Kier molecular flexibility index (Phi) is 3.97. The van der Waals surface area contributed by atoms with Gasteiger partial charge in [0.1, 0.15) is 0 Å². The Labute approximate surface area is 142 Å². The van der Waals surface area contributed by atoms with E-state index in [1.54, 1.807) is 11.3 Å². The summed E-state index contributed by atoms with van der Waals surface area (Å²) in [6.07, 6.45) is 0.423. The van der Waals surface area contributed by atoms with E-state index >= 15 is 0 Å². The largest absolute Gasteiger partial charge is 0.325 e. The highest BCUT2D eigenvalue weighted by Gasteiger charge is 2.23. The number of hydrogen-bond acceptors (Lipinski definition) is 2. The summed E-state index contributed by atoms with van der Waals surface area (Å²) in [5.41, 5.74) is 4.04. The van der Waals surface area contributed by atoms with Gasteiger partial charge in [-0.05, 0) is 51.7 Å². The first-order valence-electron chi connectivity index (χ1n) is 5.98. The Morgan fingerprint density at radius 1 is 1.40 bits per heavy atom. The molecule has 0 bridgehead atoms. The van der Waals surface area contributed by atoms with Crippen molar-refractivity contribution in [3.05, 3.63) is 48.6 Å². The van der Waals surface area contributed by atoms with Crippen LogP contribution in [0.15, 0.2) is 22.0 Å². The van der Waals surface area contributed by atoms with Gasteiger partial charge in [-0.2, -0.15) is 0 Å². The number of carbonyl (C=O) groups is 1. The minimum Gasteiger partial charge on any atom is -0.325 e. The van der Waals surface area contributed by atoms with Crippen LogP contribution in [-0.2, 0) is 11.2 Å². The van der Waals surface area contributed by atoms with E-state index in [2.05, 4.69) is 50.2 Å². The molecule has 0 fully saturated rings. The second kappa shape index (κ2) is 5.44. The number of benzene rings is 1. The maximum Gasteiger partial charge on any atom is 0.228 e. The lowest BCUT2D eigenvalue weighted by Gasteiger charge is -2.12. The maximum atomic E-state index is 11.4. The lowest BCUT2D eigenvalue weighted by molar-refractivity contribution is -0.115. The topological polar surface area (TPSA) is 29.1 Å². The predicted octanol–water partition coefficient (Wildman–Crippen LogP) is 5.45. The van der Waals surface area contributed by atoms with Crippen LogP contribution in [0.25, 0.3) is 0 Å². The van der Waals surface area contributed by atoms with Gasteiger partial charge in [0.15, 0.2) is 0 Å². The molecule has 1 aromatic heterocycles. The highest BCUT2D eigenvalue weighted by atomic mass is 79.9. The van der Waals surface area contributed by atoms with E-state index in [4.69, 9.17) is 11.6 Å². The Bertz CT molecular complexity index is 694. The van der Waals surface area contributed by atoms with E-state index in [1.807, 2.05) is 12.1 Å². The zero-order valence-corrected chi connectivity index (χ0v) is 15.2. The molecular formula is C14H10Br2ClNOS. The second-order valence-corrected chi connectivity index (χ2v) is 8.45. The van der Waals surface area contributed by atoms with Crippen molar-refractivity contribution in [3.8, 4) is 0 Å². The van der Waals surface area contributed by atoms with E-state index in [1.165, 1.54) is 10.4 Å². The van der Waals surface area contributed by atoms with Crippen molar-refractivity contribution in [3.63, 3.8) is 0 Å². The Morgan fingerprint density at radius 3 is 2.80 bits per heavy atom. The SMILES string of the molecule is Cc1cc(C(Br)c2cc3c(cc2Cl)NC(=O)C3)sc1Br. The number of fused-ring (bicyclic) bond motifs is 1. The van der Waals surface area contributed by atoms with Crippen molar-refractivity contribution < 1.29 is 4.79 Å². The number of carbonyl (C=O) groups excluding carboxylic acids is 1. The molecule has 2 aromatic rings.